The normalized spacial score (nSPS) is 17.9. The predicted molar refractivity (Wildman–Crippen MR) is 54.9 cm³/mol. The van der Waals surface area contributed by atoms with Gasteiger partial charge in [-0.05, 0) is 6.92 Å². The van der Waals surface area contributed by atoms with Crippen molar-refractivity contribution in [3.63, 3.8) is 0 Å². The number of nitrogens with zero attached hydrogens (tertiary/aromatic N) is 3. The molecule has 7 nitrogen and oxygen atoms in total. The number of rotatable bonds is 4. The summed E-state index contributed by atoms with van der Waals surface area (Å²) in [6.07, 6.45) is -5.74. The molecule has 0 radical (unpaired) electrons. The molecule has 1 aliphatic heterocycles. The molecule has 1 unspecified atom stereocenters. The van der Waals surface area contributed by atoms with Crippen molar-refractivity contribution in [1.82, 2.24) is 9.78 Å². The molecule has 0 aliphatic carbocycles. The molecule has 2 heterocycles. The van der Waals surface area contributed by atoms with Gasteiger partial charge in [-0.25, -0.2) is 0 Å². The van der Waals surface area contributed by atoms with Crippen molar-refractivity contribution in [2.75, 3.05) is 13.2 Å². The van der Waals surface area contributed by atoms with E-state index >= 15 is 0 Å². The van der Waals surface area contributed by atoms with E-state index in [4.69, 9.17) is 4.74 Å². The zero-order valence-electron chi connectivity index (χ0n) is 9.75. The quantitative estimate of drug-likeness (QED) is 0.619. The first-order valence-corrected chi connectivity index (χ1v) is 5.33. The van der Waals surface area contributed by atoms with Crippen LogP contribution in [0.3, 0.4) is 0 Å². The Hall–Kier alpha value is -1.84. The van der Waals surface area contributed by atoms with Gasteiger partial charge in [0.05, 0.1) is 24.2 Å². The molecule has 1 aliphatic rings. The van der Waals surface area contributed by atoms with Gasteiger partial charge in [0.1, 0.15) is 6.20 Å². The fraction of sp³-hybridized carbons (Fsp3) is 0.667. The van der Waals surface area contributed by atoms with Crippen molar-refractivity contribution >= 4 is 5.69 Å². The average Bonchev–Trinajstić information content (AvgIpc) is 2.57. The minimum Gasteiger partial charge on any atom is -0.459 e. The number of hydrogen-bond donors (Lipinski definition) is 0. The highest BCUT2D eigenvalue weighted by Crippen LogP contribution is 2.32. The summed E-state index contributed by atoms with van der Waals surface area (Å²) in [5, 5.41) is 14.4. The first kappa shape index (κ1) is 13.6. The van der Waals surface area contributed by atoms with Crippen LogP contribution < -0.4 is 4.74 Å². The minimum absolute atomic E-state index is 0.211. The second-order valence-electron chi connectivity index (χ2n) is 4.05. The van der Waals surface area contributed by atoms with Gasteiger partial charge < -0.3 is 9.47 Å². The standard InChI is InChI=1S/C9H10F3N3O4/c1-5(9(10,11)12)19-8-7(15(16)17)2-14(13-8)6-3-18-4-6/h2,5-6H,3-4H2,1H3. The fourth-order valence-electron chi connectivity index (χ4n) is 1.37. The SMILES string of the molecule is CC(Oc1nn(C2COC2)cc1[N+](=O)[O-])C(F)(F)F. The zero-order valence-corrected chi connectivity index (χ0v) is 9.75. The Labute approximate surface area is 105 Å². The molecule has 1 fully saturated rings. The van der Waals surface area contributed by atoms with E-state index in [1.165, 1.54) is 4.68 Å². The molecule has 1 aromatic rings. The lowest BCUT2D eigenvalue weighted by Crippen LogP contribution is -2.32. The van der Waals surface area contributed by atoms with Crippen molar-refractivity contribution in [3.05, 3.63) is 16.3 Å². The smallest absolute Gasteiger partial charge is 0.425 e. The molecule has 0 saturated carbocycles. The highest BCUT2D eigenvalue weighted by atomic mass is 19.4. The molecule has 0 bridgehead atoms. The van der Waals surface area contributed by atoms with Crippen LogP contribution in [0.2, 0.25) is 0 Å². The van der Waals surface area contributed by atoms with E-state index in [0.29, 0.717) is 13.2 Å². The summed E-state index contributed by atoms with van der Waals surface area (Å²) in [4.78, 5) is 9.92. The number of ether oxygens (including phenoxy) is 2. The van der Waals surface area contributed by atoms with Crippen LogP contribution in [0.1, 0.15) is 13.0 Å². The molecular formula is C9H10F3N3O4. The predicted octanol–water partition coefficient (Wildman–Crippen LogP) is 1.69. The first-order valence-electron chi connectivity index (χ1n) is 5.33. The maximum absolute atomic E-state index is 12.4. The lowest BCUT2D eigenvalue weighted by molar-refractivity contribution is -0.386. The molecule has 19 heavy (non-hydrogen) atoms. The summed E-state index contributed by atoms with van der Waals surface area (Å²) in [5.74, 6) is -0.637. The molecule has 1 aromatic heterocycles. The number of nitro groups is 1. The Morgan fingerprint density at radius 1 is 1.63 bits per heavy atom. The molecule has 1 atom stereocenters. The van der Waals surface area contributed by atoms with Crippen LogP contribution in [-0.2, 0) is 4.74 Å². The number of alkyl halides is 3. The second kappa shape index (κ2) is 4.68. The molecule has 1 saturated heterocycles. The first-order chi connectivity index (χ1) is 8.79. The summed E-state index contributed by atoms with van der Waals surface area (Å²) in [5.41, 5.74) is -0.594. The largest absolute Gasteiger partial charge is 0.459 e. The zero-order chi connectivity index (χ0) is 14.2. The van der Waals surface area contributed by atoms with Gasteiger partial charge in [-0.15, -0.1) is 5.10 Å². The fourth-order valence-corrected chi connectivity index (χ4v) is 1.37. The average molecular weight is 281 g/mol. The maximum atomic E-state index is 12.4. The minimum atomic E-state index is -4.61. The van der Waals surface area contributed by atoms with Gasteiger partial charge in [-0.1, -0.05) is 0 Å². The Balaban J connectivity index is 2.22. The molecule has 2 rings (SSSR count). The van der Waals surface area contributed by atoms with Crippen molar-refractivity contribution < 1.29 is 27.6 Å². The molecule has 0 aromatic carbocycles. The van der Waals surface area contributed by atoms with E-state index in [-0.39, 0.29) is 6.04 Å². The maximum Gasteiger partial charge on any atom is 0.425 e. The molecule has 106 valence electrons. The molecule has 0 amide bonds. The molecule has 0 spiro atoms. The topological polar surface area (TPSA) is 79.4 Å². The molecule has 0 N–H and O–H groups in total. The van der Waals surface area contributed by atoms with E-state index < -0.39 is 28.8 Å². The second-order valence-corrected chi connectivity index (χ2v) is 4.05. The summed E-state index contributed by atoms with van der Waals surface area (Å²) in [7, 11) is 0. The van der Waals surface area contributed by atoms with Gasteiger partial charge in [0.25, 0.3) is 0 Å². The highest BCUT2D eigenvalue weighted by molar-refractivity contribution is 5.38. The van der Waals surface area contributed by atoms with Crippen molar-refractivity contribution in [3.8, 4) is 5.88 Å². The van der Waals surface area contributed by atoms with E-state index in [1.54, 1.807) is 0 Å². The third kappa shape index (κ3) is 2.78. The van der Waals surface area contributed by atoms with E-state index in [9.17, 15) is 23.3 Å². The third-order valence-electron chi connectivity index (χ3n) is 2.62. The van der Waals surface area contributed by atoms with Crippen LogP contribution in [0.5, 0.6) is 5.88 Å². The summed E-state index contributed by atoms with van der Waals surface area (Å²) in [6, 6.07) is -0.211. The van der Waals surface area contributed by atoms with Crippen LogP contribution in [0.25, 0.3) is 0 Å². The summed E-state index contributed by atoms with van der Waals surface area (Å²) < 4.78 is 47.7. The number of hydrogen-bond acceptors (Lipinski definition) is 5. The Morgan fingerprint density at radius 3 is 2.68 bits per heavy atom. The van der Waals surface area contributed by atoms with E-state index in [2.05, 4.69) is 9.84 Å². The summed E-state index contributed by atoms with van der Waals surface area (Å²) >= 11 is 0. The van der Waals surface area contributed by atoms with Crippen molar-refractivity contribution in [1.29, 1.82) is 0 Å². The monoisotopic (exact) mass is 281 g/mol. The van der Waals surface area contributed by atoms with Crippen LogP contribution >= 0.6 is 0 Å². The molecule has 10 heteroatoms. The lowest BCUT2D eigenvalue weighted by atomic mass is 10.3. The van der Waals surface area contributed by atoms with Gasteiger partial charge in [-0.3, -0.25) is 14.8 Å². The van der Waals surface area contributed by atoms with Crippen LogP contribution in [0, 0.1) is 10.1 Å². The van der Waals surface area contributed by atoms with Gasteiger partial charge in [0.2, 0.25) is 0 Å². The van der Waals surface area contributed by atoms with E-state index in [1.807, 2.05) is 0 Å². The number of aromatic nitrogens is 2. The van der Waals surface area contributed by atoms with E-state index in [0.717, 1.165) is 13.1 Å². The van der Waals surface area contributed by atoms with Crippen LogP contribution in [-0.4, -0.2) is 40.2 Å². The Kier molecular flexibility index (Phi) is 3.35. The van der Waals surface area contributed by atoms with Gasteiger partial charge >= 0.3 is 17.7 Å². The lowest BCUT2D eigenvalue weighted by Gasteiger charge is -2.25. The number of halogens is 3. The third-order valence-corrected chi connectivity index (χ3v) is 2.62. The van der Waals surface area contributed by atoms with Crippen molar-refractivity contribution in [2.45, 2.75) is 25.2 Å². The van der Waals surface area contributed by atoms with Gasteiger partial charge in [0.15, 0.2) is 6.10 Å². The Morgan fingerprint density at radius 2 is 2.26 bits per heavy atom. The Bertz CT molecular complexity index is 484. The van der Waals surface area contributed by atoms with Crippen molar-refractivity contribution in [2.24, 2.45) is 0 Å². The summed E-state index contributed by atoms with van der Waals surface area (Å²) in [6.45, 7) is 1.38. The van der Waals surface area contributed by atoms with Crippen LogP contribution in [0.4, 0.5) is 18.9 Å². The van der Waals surface area contributed by atoms with Gasteiger partial charge in [0, 0.05) is 0 Å². The molecular weight excluding hydrogens is 271 g/mol. The van der Waals surface area contributed by atoms with Crippen LogP contribution in [0.15, 0.2) is 6.20 Å². The van der Waals surface area contributed by atoms with Gasteiger partial charge in [-0.2, -0.15) is 13.2 Å². The highest BCUT2D eigenvalue weighted by Gasteiger charge is 2.40.